The number of aromatic nitrogens is 1. The number of carbonyl (C=O) groups is 1. The third-order valence-corrected chi connectivity index (χ3v) is 3.12. The van der Waals surface area contributed by atoms with E-state index < -0.39 is 0 Å². The number of hydrogen-bond acceptors (Lipinski definition) is 3. The van der Waals surface area contributed by atoms with Gasteiger partial charge in [0.1, 0.15) is 5.82 Å². The standard InChI is InChI=1S/C16H17FN2O/c1-2-19(11-13-6-8-18-9-7-13)12-16(20)14-4-3-5-15(17)10-14/h3-10H,2,11-12H2,1H3. The number of likely N-dealkylation sites (N-methyl/N-ethyl adjacent to an activating group) is 1. The molecule has 0 aliphatic rings. The van der Waals surface area contributed by atoms with Gasteiger partial charge < -0.3 is 0 Å². The molecule has 104 valence electrons. The quantitative estimate of drug-likeness (QED) is 0.758. The van der Waals surface area contributed by atoms with Gasteiger partial charge in [-0.05, 0) is 36.4 Å². The summed E-state index contributed by atoms with van der Waals surface area (Å²) in [5.74, 6) is -0.451. The number of hydrogen-bond donors (Lipinski definition) is 0. The van der Waals surface area contributed by atoms with Crippen LogP contribution in [-0.4, -0.2) is 28.8 Å². The highest BCUT2D eigenvalue weighted by atomic mass is 19.1. The van der Waals surface area contributed by atoms with Gasteiger partial charge in [0.05, 0.1) is 6.54 Å². The summed E-state index contributed by atoms with van der Waals surface area (Å²) in [6.07, 6.45) is 3.47. The van der Waals surface area contributed by atoms with Gasteiger partial charge >= 0.3 is 0 Å². The van der Waals surface area contributed by atoms with Gasteiger partial charge in [-0.15, -0.1) is 0 Å². The first-order valence-electron chi connectivity index (χ1n) is 6.59. The molecule has 3 nitrogen and oxygen atoms in total. The fourth-order valence-electron chi connectivity index (χ4n) is 1.98. The Balaban J connectivity index is 2.01. The summed E-state index contributed by atoms with van der Waals surface area (Å²) in [5.41, 5.74) is 1.52. The largest absolute Gasteiger partial charge is 0.293 e. The molecule has 0 aliphatic carbocycles. The molecule has 0 atom stereocenters. The molecule has 0 fully saturated rings. The zero-order chi connectivity index (χ0) is 14.4. The fourth-order valence-corrected chi connectivity index (χ4v) is 1.98. The Morgan fingerprint density at radius 3 is 2.65 bits per heavy atom. The number of pyridine rings is 1. The molecule has 0 radical (unpaired) electrons. The summed E-state index contributed by atoms with van der Waals surface area (Å²) in [5, 5.41) is 0. The van der Waals surface area contributed by atoms with Crippen molar-refractivity contribution in [3.63, 3.8) is 0 Å². The highest BCUT2D eigenvalue weighted by Gasteiger charge is 2.12. The van der Waals surface area contributed by atoms with E-state index in [1.807, 2.05) is 24.0 Å². The summed E-state index contributed by atoms with van der Waals surface area (Å²) in [6, 6.07) is 9.67. The van der Waals surface area contributed by atoms with Gasteiger partial charge in [-0.25, -0.2) is 4.39 Å². The van der Waals surface area contributed by atoms with Crippen LogP contribution in [0.4, 0.5) is 4.39 Å². The first kappa shape index (κ1) is 14.3. The summed E-state index contributed by atoms with van der Waals surface area (Å²) < 4.78 is 13.1. The van der Waals surface area contributed by atoms with Crippen molar-refractivity contribution in [1.82, 2.24) is 9.88 Å². The molecular weight excluding hydrogens is 255 g/mol. The van der Waals surface area contributed by atoms with E-state index in [0.717, 1.165) is 12.1 Å². The van der Waals surface area contributed by atoms with Crippen LogP contribution < -0.4 is 0 Å². The van der Waals surface area contributed by atoms with E-state index in [4.69, 9.17) is 0 Å². The zero-order valence-corrected chi connectivity index (χ0v) is 11.4. The van der Waals surface area contributed by atoms with Crippen LogP contribution in [-0.2, 0) is 6.54 Å². The van der Waals surface area contributed by atoms with Crippen LogP contribution in [0.1, 0.15) is 22.8 Å². The zero-order valence-electron chi connectivity index (χ0n) is 11.4. The minimum absolute atomic E-state index is 0.0691. The van der Waals surface area contributed by atoms with Gasteiger partial charge in [0.2, 0.25) is 0 Å². The molecule has 2 aromatic rings. The predicted molar refractivity (Wildman–Crippen MR) is 75.9 cm³/mol. The van der Waals surface area contributed by atoms with E-state index in [-0.39, 0.29) is 18.1 Å². The second kappa shape index (κ2) is 6.91. The monoisotopic (exact) mass is 272 g/mol. The van der Waals surface area contributed by atoms with Crippen molar-refractivity contribution in [2.45, 2.75) is 13.5 Å². The smallest absolute Gasteiger partial charge is 0.176 e. The van der Waals surface area contributed by atoms with Crippen LogP contribution in [0.3, 0.4) is 0 Å². The Labute approximate surface area is 118 Å². The maximum Gasteiger partial charge on any atom is 0.176 e. The lowest BCUT2D eigenvalue weighted by atomic mass is 10.1. The lowest BCUT2D eigenvalue weighted by Crippen LogP contribution is -2.29. The van der Waals surface area contributed by atoms with E-state index in [2.05, 4.69) is 4.98 Å². The van der Waals surface area contributed by atoms with Crippen molar-refractivity contribution in [3.8, 4) is 0 Å². The molecule has 4 heteroatoms. The normalized spacial score (nSPS) is 10.8. The average Bonchev–Trinajstić information content (AvgIpc) is 2.47. The first-order chi connectivity index (χ1) is 9.69. The minimum Gasteiger partial charge on any atom is -0.293 e. The molecule has 0 unspecified atom stereocenters. The van der Waals surface area contributed by atoms with Crippen LogP contribution in [0.15, 0.2) is 48.8 Å². The summed E-state index contributed by atoms with van der Waals surface area (Å²) in [4.78, 5) is 18.1. The highest BCUT2D eigenvalue weighted by molar-refractivity contribution is 5.97. The Bertz CT molecular complexity index is 572. The minimum atomic E-state index is -0.381. The molecule has 0 amide bonds. The summed E-state index contributed by atoms with van der Waals surface area (Å²) in [6.45, 7) is 3.71. The van der Waals surface area contributed by atoms with E-state index >= 15 is 0 Å². The molecule has 0 aliphatic heterocycles. The van der Waals surface area contributed by atoms with E-state index in [1.165, 1.54) is 12.1 Å². The lowest BCUT2D eigenvalue weighted by Gasteiger charge is -2.19. The molecule has 1 heterocycles. The predicted octanol–water partition coefficient (Wildman–Crippen LogP) is 2.93. The number of carbonyl (C=O) groups excluding carboxylic acids is 1. The summed E-state index contributed by atoms with van der Waals surface area (Å²) in [7, 11) is 0. The Hall–Kier alpha value is -2.07. The molecule has 2 rings (SSSR count). The molecule has 0 spiro atoms. The van der Waals surface area contributed by atoms with Crippen LogP contribution in [0, 0.1) is 5.82 Å². The number of ketones is 1. The third-order valence-electron chi connectivity index (χ3n) is 3.12. The van der Waals surface area contributed by atoms with Crippen LogP contribution in [0.2, 0.25) is 0 Å². The van der Waals surface area contributed by atoms with Crippen molar-refractivity contribution < 1.29 is 9.18 Å². The van der Waals surface area contributed by atoms with Crippen molar-refractivity contribution in [2.75, 3.05) is 13.1 Å². The van der Waals surface area contributed by atoms with Crippen LogP contribution in [0.5, 0.6) is 0 Å². The highest BCUT2D eigenvalue weighted by Crippen LogP contribution is 2.08. The third kappa shape index (κ3) is 3.96. The SMILES string of the molecule is CCN(CC(=O)c1cccc(F)c1)Cc1ccncc1. The van der Waals surface area contributed by atoms with Crippen molar-refractivity contribution in [2.24, 2.45) is 0 Å². The van der Waals surface area contributed by atoms with Crippen molar-refractivity contribution >= 4 is 5.78 Å². The Kier molecular flexibility index (Phi) is 4.96. The second-order valence-electron chi connectivity index (χ2n) is 4.59. The van der Waals surface area contributed by atoms with Gasteiger partial charge in [-0.1, -0.05) is 19.1 Å². The van der Waals surface area contributed by atoms with E-state index in [0.29, 0.717) is 12.1 Å². The van der Waals surface area contributed by atoms with Gasteiger partial charge in [-0.3, -0.25) is 14.7 Å². The van der Waals surface area contributed by atoms with Crippen LogP contribution in [0.25, 0.3) is 0 Å². The average molecular weight is 272 g/mol. The molecule has 0 saturated carbocycles. The molecular formula is C16H17FN2O. The van der Waals surface area contributed by atoms with Crippen molar-refractivity contribution in [3.05, 3.63) is 65.7 Å². The molecule has 1 aromatic carbocycles. The number of halogens is 1. The topological polar surface area (TPSA) is 33.2 Å². The molecule has 1 aromatic heterocycles. The van der Waals surface area contributed by atoms with Gasteiger partial charge in [-0.2, -0.15) is 0 Å². The second-order valence-corrected chi connectivity index (χ2v) is 4.59. The fraction of sp³-hybridized carbons (Fsp3) is 0.250. The molecule has 0 N–H and O–H groups in total. The molecule has 20 heavy (non-hydrogen) atoms. The summed E-state index contributed by atoms with van der Waals surface area (Å²) >= 11 is 0. The first-order valence-corrected chi connectivity index (χ1v) is 6.59. The lowest BCUT2D eigenvalue weighted by molar-refractivity contribution is 0.0929. The number of nitrogens with zero attached hydrogens (tertiary/aromatic N) is 2. The Morgan fingerprint density at radius 2 is 2.00 bits per heavy atom. The molecule has 0 saturated heterocycles. The van der Waals surface area contributed by atoms with Gasteiger partial charge in [0.25, 0.3) is 0 Å². The maximum absolute atomic E-state index is 13.1. The van der Waals surface area contributed by atoms with Gasteiger partial charge in [0, 0.05) is 24.5 Å². The molecule has 0 bridgehead atoms. The maximum atomic E-state index is 13.1. The van der Waals surface area contributed by atoms with E-state index in [1.54, 1.807) is 24.5 Å². The number of Topliss-reactive ketones (excluding diaryl/α,β-unsaturated/α-hetero) is 1. The van der Waals surface area contributed by atoms with Crippen LogP contribution >= 0.6 is 0 Å². The van der Waals surface area contributed by atoms with Gasteiger partial charge in [0.15, 0.2) is 5.78 Å². The van der Waals surface area contributed by atoms with Crippen molar-refractivity contribution in [1.29, 1.82) is 0 Å². The Morgan fingerprint density at radius 1 is 1.25 bits per heavy atom. The number of rotatable bonds is 6. The number of benzene rings is 1. The van der Waals surface area contributed by atoms with E-state index in [9.17, 15) is 9.18 Å².